The van der Waals surface area contributed by atoms with Gasteiger partial charge in [0.15, 0.2) is 5.82 Å². The Morgan fingerprint density at radius 3 is 3.06 bits per heavy atom. The second-order valence-corrected chi connectivity index (χ2v) is 4.57. The Kier molecular flexibility index (Phi) is 3.78. The zero-order valence-corrected chi connectivity index (χ0v) is 10.5. The summed E-state index contributed by atoms with van der Waals surface area (Å²) < 4.78 is 1.79. The molecule has 5 nitrogen and oxygen atoms in total. The molecule has 17 heavy (non-hydrogen) atoms. The Hall–Kier alpha value is -1.36. The molecule has 1 saturated heterocycles. The van der Waals surface area contributed by atoms with E-state index in [9.17, 15) is 4.79 Å². The Bertz CT molecular complexity index is 386. The lowest BCUT2D eigenvalue weighted by Gasteiger charge is -2.35. The van der Waals surface area contributed by atoms with Crippen LogP contribution in [0.2, 0.25) is 0 Å². The third-order valence-electron chi connectivity index (χ3n) is 3.34. The van der Waals surface area contributed by atoms with Crippen molar-refractivity contribution in [3.8, 4) is 0 Å². The van der Waals surface area contributed by atoms with E-state index in [1.165, 1.54) is 6.42 Å². The van der Waals surface area contributed by atoms with Gasteiger partial charge in [-0.15, -0.1) is 0 Å². The first-order valence-corrected chi connectivity index (χ1v) is 6.17. The van der Waals surface area contributed by atoms with Gasteiger partial charge in [-0.2, -0.15) is 0 Å². The van der Waals surface area contributed by atoms with Gasteiger partial charge in [-0.05, 0) is 26.3 Å². The number of nitrogens with one attached hydrogen (secondary N) is 1. The van der Waals surface area contributed by atoms with Gasteiger partial charge in [0.25, 0.3) is 5.91 Å². The molecule has 5 heteroatoms. The van der Waals surface area contributed by atoms with Crippen LogP contribution in [0.4, 0.5) is 0 Å². The lowest BCUT2D eigenvalue weighted by Crippen LogP contribution is -2.48. The Labute approximate surface area is 102 Å². The van der Waals surface area contributed by atoms with Crippen LogP contribution in [-0.2, 0) is 7.05 Å². The summed E-state index contributed by atoms with van der Waals surface area (Å²) >= 11 is 0. The van der Waals surface area contributed by atoms with E-state index in [1.807, 2.05) is 25.2 Å². The highest BCUT2D eigenvalue weighted by Crippen LogP contribution is 2.18. The van der Waals surface area contributed by atoms with Gasteiger partial charge in [0.05, 0.1) is 0 Å². The van der Waals surface area contributed by atoms with E-state index in [-0.39, 0.29) is 5.91 Å². The summed E-state index contributed by atoms with van der Waals surface area (Å²) in [6, 6.07) is 0.304. The number of imidazole rings is 1. The van der Waals surface area contributed by atoms with Crippen LogP contribution in [0.3, 0.4) is 0 Å². The maximum Gasteiger partial charge on any atom is 0.290 e. The van der Waals surface area contributed by atoms with Crippen LogP contribution in [0, 0.1) is 0 Å². The summed E-state index contributed by atoms with van der Waals surface area (Å²) in [6.07, 6.45) is 6.86. The second-order valence-electron chi connectivity index (χ2n) is 4.57. The van der Waals surface area contributed by atoms with Crippen molar-refractivity contribution in [3.05, 3.63) is 18.2 Å². The van der Waals surface area contributed by atoms with Crippen molar-refractivity contribution in [2.75, 3.05) is 20.1 Å². The average Bonchev–Trinajstić information content (AvgIpc) is 2.76. The number of aromatic nitrogens is 2. The summed E-state index contributed by atoms with van der Waals surface area (Å²) in [4.78, 5) is 18.5. The normalized spacial score (nSPS) is 20.6. The molecular formula is C12H20N4O. The zero-order chi connectivity index (χ0) is 12.3. The first-order valence-electron chi connectivity index (χ1n) is 6.17. The van der Waals surface area contributed by atoms with Crippen molar-refractivity contribution in [1.82, 2.24) is 19.8 Å². The van der Waals surface area contributed by atoms with Crippen LogP contribution in [0.1, 0.15) is 29.9 Å². The first kappa shape index (κ1) is 12.1. The molecule has 1 N–H and O–H groups in total. The quantitative estimate of drug-likeness (QED) is 0.837. The van der Waals surface area contributed by atoms with Crippen molar-refractivity contribution in [2.24, 2.45) is 7.05 Å². The topological polar surface area (TPSA) is 50.2 Å². The predicted octanol–water partition coefficient (Wildman–Crippen LogP) is 0.634. The third-order valence-corrected chi connectivity index (χ3v) is 3.34. The molecule has 1 unspecified atom stereocenters. The molecule has 1 fully saturated rings. The van der Waals surface area contributed by atoms with Gasteiger partial charge in [-0.25, -0.2) is 4.98 Å². The molecule has 0 bridgehead atoms. The summed E-state index contributed by atoms with van der Waals surface area (Å²) in [7, 11) is 3.79. The highest BCUT2D eigenvalue weighted by atomic mass is 16.2. The number of rotatable bonds is 3. The molecule has 0 aromatic carbocycles. The van der Waals surface area contributed by atoms with E-state index >= 15 is 0 Å². The van der Waals surface area contributed by atoms with Crippen molar-refractivity contribution in [1.29, 1.82) is 0 Å². The number of carbonyl (C=O) groups is 1. The number of hydrogen-bond acceptors (Lipinski definition) is 3. The minimum Gasteiger partial charge on any atom is -0.332 e. The van der Waals surface area contributed by atoms with Crippen LogP contribution in [0.5, 0.6) is 0 Å². The SMILES string of the molecule is CNCC1CCCCN1C(=O)c1nccn1C. The summed E-state index contributed by atoms with van der Waals surface area (Å²) in [6.45, 7) is 1.70. The van der Waals surface area contributed by atoms with E-state index in [0.717, 1.165) is 25.9 Å². The van der Waals surface area contributed by atoms with Crippen LogP contribution < -0.4 is 5.32 Å². The molecule has 2 rings (SSSR count). The molecule has 94 valence electrons. The maximum absolute atomic E-state index is 12.4. The lowest BCUT2D eigenvalue weighted by atomic mass is 10.0. The van der Waals surface area contributed by atoms with Crippen molar-refractivity contribution in [3.63, 3.8) is 0 Å². The Morgan fingerprint density at radius 1 is 1.59 bits per heavy atom. The second kappa shape index (κ2) is 5.31. The molecule has 2 heterocycles. The highest BCUT2D eigenvalue weighted by Gasteiger charge is 2.28. The molecule has 1 atom stereocenters. The minimum atomic E-state index is 0.0532. The molecule has 0 aliphatic carbocycles. The number of piperidine rings is 1. The van der Waals surface area contributed by atoms with E-state index < -0.39 is 0 Å². The fourth-order valence-corrected chi connectivity index (χ4v) is 2.42. The van der Waals surface area contributed by atoms with E-state index in [1.54, 1.807) is 10.8 Å². The number of carbonyl (C=O) groups excluding carboxylic acids is 1. The summed E-state index contributed by atoms with van der Waals surface area (Å²) in [5.41, 5.74) is 0. The van der Waals surface area contributed by atoms with Gasteiger partial charge in [0.2, 0.25) is 0 Å². The number of hydrogen-bond donors (Lipinski definition) is 1. The minimum absolute atomic E-state index is 0.0532. The van der Waals surface area contributed by atoms with Gasteiger partial charge >= 0.3 is 0 Å². The van der Waals surface area contributed by atoms with Gasteiger partial charge < -0.3 is 14.8 Å². The molecule has 1 amide bonds. The van der Waals surface area contributed by atoms with Crippen LogP contribution in [-0.4, -0.2) is 46.5 Å². The molecule has 0 saturated carbocycles. The third kappa shape index (κ3) is 2.49. The molecule has 0 radical (unpaired) electrons. The number of amides is 1. The number of nitrogens with zero attached hydrogens (tertiary/aromatic N) is 3. The Balaban J connectivity index is 2.14. The van der Waals surface area contributed by atoms with Crippen molar-refractivity contribution >= 4 is 5.91 Å². The summed E-state index contributed by atoms with van der Waals surface area (Å²) in [5.74, 6) is 0.588. The molecule has 1 aliphatic heterocycles. The Morgan fingerprint density at radius 2 is 2.41 bits per heavy atom. The molecular weight excluding hydrogens is 216 g/mol. The van der Waals surface area contributed by atoms with E-state index in [4.69, 9.17) is 0 Å². The van der Waals surface area contributed by atoms with E-state index in [2.05, 4.69) is 10.3 Å². The predicted molar refractivity (Wildman–Crippen MR) is 65.8 cm³/mol. The largest absolute Gasteiger partial charge is 0.332 e. The molecule has 1 aromatic rings. The van der Waals surface area contributed by atoms with Crippen LogP contribution in [0.25, 0.3) is 0 Å². The standard InChI is InChI=1S/C12H20N4O/c1-13-9-10-5-3-4-7-16(10)12(17)11-14-6-8-15(11)2/h6,8,10,13H,3-5,7,9H2,1-2H3. The number of likely N-dealkylation sites (N-methyl/N-ethyl adjacent to an activating group) is 1. The molecule has 0 spiro atoms. The fraction of sp³-hybridized carbons (Fsp3) is 0.667. The lowest BCUT2D eigenvalue weighted by molar-refractivity contribution is 0.0598. The number of likely N-dealkylation sites (tertiary alicyclic amines) is 1. The van der Waals surface area contributed by atoms with Crippen molar-refractivity contribution < 1.29 is 4.79 Å². The van der Waals surface area contributed by atoms with Gasteiger partial charge in [-0.1, -0.05) is 0 Å². The highest BCUT2D eigenvalue weighted by molar-refractivity contribution is 5.91. The summed E-state index contributed by atoms with van der Waals surface area (Å²) in [5, 5.41) is 3.16. The first-order chi connectivity index (χ1) is 8.24. The zero-order valence-electron chi connectivity index (χ0n) is 10.5. The van der Waals surface area contributed by atoms with Gasteiger partial charge in [-0.3, -0.25) is 4.79 Å². The monoisotopic (exact) mass is 236 g/mol. The molecule has 1 aliphatic rings. The average molecular weight is 236 g/mol. The molecule has 1 aromatic heterocycles. The van der Waals surface area contributed by atoms with Gasteiger partial charge in [0.1, 0.15) is 0 Å². The fourth-order valence-electron chi connectivity index (χ4n) is 2.42. The maximum atomic E-state index is 12.4. The van der Waals surface area contributed by atoms with Gasteiger partial charge in [0, 0.05) is 38.6 Å². The van der Waals surface area contributed by atoms with Crippen molar-refractivity contribution in [2.45, 2.75) is 25.3 Å². The smallest absolute Gasteiger partial charge is 0.290 e. The van der Waals surface area contributed by atoms with Crippen LogP contribution in [0.15, 0.2) is 12.4 Å². The van der Waals surface area contributed by atoms with Crippen LogP contribution >= 0.6 is 0 Å². The number of aryl methyl sites for hydroxylation is 1. The van der Waals surface area contributed by atoms with E-state index in [0.29, 0.717) is 11.9 Å².